The number of anilines is 1. The highest BCUT2D eigenvalue weighted by Crippen LogP contribution is 2.21. The third-order valence-corrected chi connectivity index (χ3v) is 2.58. The fraction of sp³-hybridized carbons (Fsp3) is 0.600. The van der Waals surface area contributed by atoms with E-state index in [2.05, 4.69) is 10.4 Å². The lowest BCUT2D eigenvalue weighted by Gasteiger charge is -2.11. The van der Waals surface area contributed by atoms with Crippen LogP contribution in [0.25, 0.3) is 0 Å². The van der Waals surface area contributed by atoms with E-state index in [4.69, 9.17) is 16.3 Å². The second kappa shape index (κ2) is 6.76. The fourth-order valence-electron chi connectivity index (χ4n) is 1.26. The van der Waals surface area contributed by atoms with Gasteiger partial charge in [-0.05, 0) is 0 Å². The van der Waals surface area contributed by atoms with E-state index < -0.39 is 18.2 Å². The van der Waals surface area contributed by atoms with E-state index >= 15 is 0 Å². The molecule has 0 atom stereocenters. The number of methoxy groups -OCH3 is 1. The van der Waals surface area contributed by atoms with E-state index in [1.165, 1.54) is 13.3 Å². The van der Waals surface area contributed by atoms with Crippen LogP contribution in [0.4, 0.5) is 18.9 Å². The Labute approximate surface area is 112 Å². The van der Waals surface area contributed by atoms with Crippen LogP contribution in [0.15, 0.2) is 11.0 Å². The molecule has 5 nitrogen and oxygen atoms in total. The quantitative estimate of drug-likeness (QED) is 0.872. The van der Waals surface area contributed by atoms with E-state index in [0.29, 0.717) is 0 Å². The average Bonchev–Trinajstić information content (AvgIpc) is 2.32. The molecule has 0 aliphatic carbocycles. The number of aromatic nitrogens is 2. The molecule has 0 amide bonds. The Bertz CT molecular complexity index is 476. The standard InChI is InChI=1S/C10H13ClF3N3O2/c1-19-5-4-17-9(18)8(11)7(6-16-17)15-3-2-10(12,13)14/h6,15H,2-5H2,1H3. The number of ether oxygens (including phenoxy) is 1. The van der Waals surface area contributed by atoms with E-state index in [-0.39, 0.29) is 30.4 Å². The Kier molecular flexibility index (Phi) is 5.61. The summed E-state index contributed by atoms with van der Waals surface area (Å²) in [7, 11) is 1.47. The molecule has 0 bridgehead atoms. The minimum atomic E-state index is -4.26. The van der Waals surface area contributed by atoms with Crippen LogP contribution in [0.1, 0.15) is 6.42 Å². The lowest BCUT2D eigenvalue weighted by atomic mass is 10.4. The second-order valence-electron chi connectivity index (χ2n) is 3.69. The first kappa shape index (κ1) is 15.8. The van der Waals surface area contributed by atoms with Crippen molar-refractivity contribution in [3.05, 3.63) is 21.6 Å². The molecular weight excluding hydrogens is 287 g/mol. The van der Waals surface area contributed by atoms with Gasteiger partial charge in [0.15, 0.2) is 0 Å². The van der Waals surface area contributed by atoms with Crippen LogP contribution in [0.5, 0.6) is 0 Å². The van der Waals surface area contributed by atoms with E-state index in [9.17, 15) is 18.0 Å². The van der Waals surface area contributed by atoms with Crippen molar-refractivity contribution in [3.63, 3.8) is 0 Å². The molecule has 19 heavy (non-hydrogen) atoms. The van der Waals surface area contributed by atoms with Crippen molar-refractivity contribution in [2.24, 2.45) is 0 Å². The number of nitrogens with zero attached hydrogens (tertiary/aromatic N) is 2. The minimum absolute atomic E-state index is 0.0876. The molecule has 0 aliphatic heterocycles. The zero-order valence-electron chi connectivity index (χ0n) is 10.1. The first-order valence-electron chi connectivity index (χ1n) is 5.40. The molecule has 0 fully saturated rings. The van der Waals surface area contributed by atoms with Gasteiger partial charge in [0, 0.05) is 13.7 Å². The van der Waals surface area contributed by atoms with Gasteiger partial charge < -0.3 is 10.1 Å². The Morgan fingerprint density at radius 3 is 2.79 bits per heavy atom. The predicted octanol–water partition coefficient (Wildman–Crippen LogP) is 1.91. The van der Waals surface area contributed by atoms with Crippen LogP contribution < -0.4 is 10.9 Å². The van der Waals surface area contributed by atoms with Crippen molar-refractivity contribution in [1.29, 1.82) is 0 Å². The largest absolute Gasteiger partial charge is 0.390 e. The first-order chi connectivity index (χ1) is 8.85. The number of hydrogen-bond acceptors (Lipinski definition) is 4. The molecule has 0 saturated heterocycles. The number of rotatable bonds is 6. The van der Waals surface area contributed by atoms with Crippen LogP contribution in [0.3, 0.4) is 0 Å². The molecule has 1 aromatic rings. The van der Waals surface area contributed by atoms with Crippen molar-refractivity contribution in [2.75, 3.05) is 25.6 Å². The zero-order chi connectivity index (χ0) is 14.5. The van der Waals surface area contributed by atoms with Gasteiger partial charge in [-0.2, -0.15) is 18.3 Å². The van der Waals surface area contributed by atoms with E-state index in [1.54, 1.807) is 0 Å². The molecule has 0 radical (unpaired) electrons. The molecule has 0 spiro atoms. The van der Waals surface area contributed by atoms with E-state index in [1.807, 2.05) is 0 Å². The normalized spacial score (nSPS) is 11.6. The van der Waals surface area contributed by atoms with Crippen LogP contribution >= 0.6 is 11.6 Å². The van der Waals surface area contributed by atoms with Crippen LogP contribution in [-0.4, -0.2) is 36.2 Å². The lowest BCUT2D eigenvalue weighted by molar-refractivity contribution is -0.131. The molecule has 0 aromatic carbocycles. The third-order valence-electron chi connectivity index (χ3n) is 2.22. The summed E-state index contributed by atoms with van der Waals surface area (Å²) in [5.41, 5.74) is -0.486. The van der Waals surface area contributed by atoms with Gasteiger partial charge in [-0.3, -0.25) is 4.79 Å². The van der Waals surface area contributed by atoms with E-state index in [0.717, 1.165) is 4.68 Å². The Balaban J connectivity index is 2.71. The van der Waals surface area contributed by atoms with Gasteiger partial charge >= 0.3 is 6.18 Å². The van der Waals surface area contributed by atoms with Gasteiger partial charge in [0.2, 0.25) is 0 Å². The zero-order valence-corrected chi connectivity index (χ0v) is 10.9. The summed E-state index contributed by atoms with van der Waals surface area (Å²) in [6, 6.07) is 0. The highest BCUT2D eigenvalue weighted by atomic mass is 35.5. The highest BCUT2D eigenvalue weighted by Gasteiger charge is 2.26. The molecule has 1 N–H and O–H groups in total. The number of alkyl halides is 3. The molecule has 0 saturated carbocycles. The lowest BCUT2D eigenvalue weighted by Crippen LogP contribution is -2.26. The average molecular weight is 300 g/mol. The molecule has 0 aliphatic rings. The van der Waals surface area contributed by atoms with Crippen LogP contribution in [0, 0.1) is 0 Å². The fourth-order valence-corrected chi connectivity index (χ4v) is 1.48. The third kappa shape index (κ3) is 5.07. The summed E-state index contributed by atoms with van der Waals surface area (Å²) in [5.74, 6) is 0. The molecule has 9 heteroatoms. The summed E-state index contributed by atoms with van der Waals surface area (Å²) in [5, 5.41) is 6.04. The van der Waals surface area contributed by atoms with Gasteiger partial charge in [0.05, 0.1) is 31.5 Å². The van der Waals surface area contributed by atoms with Crippen molar-refractivity contribution >= 4 is 17.3 Å². The summed E-state index contributed by atoms with van der Waals surface area (Å²) < 4.78 is 41.8. The SMILES string of the molecule is COCCn1ncc(NCCC(F)(F)F)c(Cl)c1=O. The van der Waals surface area contributed by atoms with Crippen molar-refractivity contribution < 1.29 is 17.9 Å². The molecule has 108 valence electrons. The van der Waals surface area contributed by atoms with Gasteiger partial charge in [-0.15, -0.1) is 0 Å². The summed E-state index contributed by atoms with van der Waals surface area (Å²) in [4.78, 5) is 11.7. The first-order valence-corrected chi connectivity index (χ1v) is 5.78. The maximum absolute atomic E-state index is 12.0. The summed E-state index contributed by atoms with van der Waals surface area (Å²) in [6.07, 6.45) is -4.06. The maximum Gasteiger partial charge on any atom is 0.390 e. The highest BCUT2D eigenvalue weighted by molar-refractivity contribution is 6.32. The molecule has 1 aromatic heterocycles. The van der Waals surface area contributed by atoms with Gasteiger partial charge in [-0.1, -0.05) is 11.6 Å². The molecule has 0 unspecified atom stereocenters. The second-order valence-corrected chi connectivity index (χ2v) is 4.06. The van der Waals surface area contributed by atoms with Crippen molar-refractivity contribution in [1.82, 2.24) is 9.78 Å². The topological polar surface area (TPSA) is 56.1 Å². The number of hydrogen-bond donors (Lipinski definition) is 1. The Morgan fingerprint density at radius 1 is 1.53 bits per heavy atom. The number of nitrogens with one attached hydrogen (secondary N) is 1. The summed E-state index contributed by atoms with van der Waals surface area (Å²) >= 11 is 5.77. The number of halogens is 4. The Hall–Kier alpha value is -1.28. The molecule has 1 rings (SSSR count). The monoisotopic (exact) mass is 299 g/mol. The minimum Gasteiger partial charge on any atom is -0.383 e. The van der Waals surface area contributed by atoms with Crippen LogP contribution in [0.2, 0.25) is 5.02 Å². The van der Waals surface area contributed by atoms with Crippen molar-refractivity contribution in [3.8, 4) is 0 Å². The van der Waals surface area contributed by atoms with Crippen LogP contribution in [-0.2, 0) is 11.3 Å². The Morgan fingerprint density at radius 2 is 2.21 bits per heavy atom. The van der Waals surface area contributed by atoms with Gasteiger partial charge in [0.25, 0.3) is 5.56 Å². The predicted molar refractivity (Wildman–Crippen MR) is 64.5 cm³/mol. The molecular formula is C10H13ClF3N3O2. The summed E-state index contributed by atoms with van der Waals surface area (Å²) in [6.45, 7) is 0.133. The van der Waals surface area contributed by atoms with Crippen molar-refractivity contribution in [2.45, 2.75) is 19.1 Å². The van der Waals surface area contributed by atoms with Gasteiger partial charge in [-0.25, -0.2) is 4.68 Å². The smallest absolute Gasteiger partial charge is 0.383 e. The maximum atomic E-state index is 12.0. The molecule has 1 heterocycles. The van der Waals surface area contributed by atoms with Gasteiger partial charge in [0.1, 0.15) is 5.02 Å².